The summed E-state index contributed by atoms with van der Waals surface area (Å²) in [5, 5.41) is 0. The van der Waals surface area contributed by atoms with Gasteiger partial charge in [0.1, 0.15) is 0 Å². The fraction of sp³-hybridized carbons (Fsp3) is 1.00. The van der Waals surface area contributed by atoms with E-state index in [9.17, 15) is 0 Å². The van der Waals surface area contributed by atoms with Gasteiger partial charge in [0.25, 0.3) is 0 Å². The minimum Gasteiger partial charge on any atom is -0.378 e. The molecule has 0 amide bonds. The Bertz CT molecular complexity index is 420. The van der Waals surface area contributed by atoms with Crippen LogP contribution < -0.4 is 0 Å². The zero-order valence-electron chi connectivity index (χ0n) is 24.2. The number of methoxy groups -OCH3 is 1. The first-order valence-electron chi connectivity index (χ1n) is 14.5. The first-order valence-corrected chi connectivity index (χ1v) is 16.7. The van der Waals surface area contributed by atoms with Crippen molar-refractivity contribution >= 4 is 20.4 Å². The Labute approximate surface area is 225 Å². The second kappa shape index (κ2) is 27.6. The van der Waals surface area contributed by atoms with Gasteiger partial charge in [0.15, 0.2) is 0 Å². The predicted octanol–water partition coefficient (Wildman–Crippen LogP) is 8.85. The maximum atomic E-state index is 6.06. The van der Waals surface area contributed by atoms with E-state index in [4.69, 9.17) is 18.3 Å². The van der Waals surface area contributed by atoms with Crippen LogP contribution in [0.3, 0.4) is 0 Å². The van der Waals surface area contributed by atoms with Gasteiger partial charge in [-0.25, -0.2) is 0 Å². The number of unbranched alkanes of at least 4 members (excludes halogenated alkanes) is 13. The Morgan fingerprint density at radius 1 is 0.743 bits per heavy atom. The van der Waals surface area contributed by atoms with Gasteiger partial charge >= 0.3 is 8.60 Å². The van der Waals surface area contributed by atoms with Crippen LogP contribution in [0.1, 0.15) is 117 Å². The molecule has 0 aromatic heterocycles. The molecule has 7 heteroatoms. The minimum absolute atomic E-state index is 0.0808. The van der Waals surface area contributed by atoms with Gasteiger partial charge in [-0.15, -0.1) is 0 Å². The standard InChI is InChI=1S/C28H60NO4PS/c1-7-9-10-11-12-13-14-15-16-17-18-19-20-21-24-35-26-28(30-5)25-32-34(31-6)33-27(8-2)22-23-29(3)4/h27-28H,7-26H2,1-6H3. The Morgan fingerprint density at radius 2 is 1.29 bits per heavy atom. The minimum atomic E-state index is -1.32. The zero-order valence-corrected chi connectivity index (χ0v) is 25.9. The van der Waals surface area contributed by atoms with Crippen molar-refractivity contribution in [3.63, 3.8) is 0 Å². The van der Waals surface area contributed by atoms with Crippen molar-refractivity contribution in [1.29, 1.82) is 0 Å². The monoisotopic (exact) mass is 537 g/mol. The smallest absolute Gasteiger partial charge is 0.332 e. The molecule has 3 atom stereocenters. The summed E-state index contributed by atoms with van der Waals surface area (Å²) < 4.78 is 23.1. The molecule has 0 saturated heterocycles. The van der Waals surface area contributed by atoms with Crippen LogP contribution in [0, 0.1) is 0 Å². The molecule has 0 aromatic carbocycles. The van der Waals surface area contributed by atoms with Crippen molar-refractivity contribution in [2.45, 2.75) is 129 Å². The molecule has 0 rings (SSSR count). The van der Waals surface area contributed by atoms with Crippen LogP contribution in [-0.2, 0) is 18.3 Å². The molecule has 0 aliphatic carbocycles. The molecule has 0 saturated carbocycles. The fourth-order valence-electron chi connectivity index (χ4n) is 3.92. The molecule has 0 radical (unpaired) electrons. The molecule has 0 aromatic rings. The van der Waals surface area contributed by atoms with Crippen LogP contribution in [-0.4, -0.2) is 70.1 Å². The lowest BCUT2D eigenvalue weighted by atomic mass is 10.0. The van der Waals surface area contributed by atoms with Crippen LogP contribution in [0.4, 0.5) is 0 Å². The molecule has 0 fully saturated rings. The Hall–Kier alpha value is 0.580. The average molecular weight is 538 g/mol. The summed E-state index contributed by atoms with van der Waals surface area (Å²) in [5.74, 6) is 2.16. The van der Waals surface area contributed by atoms with E-state index in [1.54, 1.807) is 14.2 Å². The van der Waals surface area contributed by atoms with Crippen LogP contribution in [0.2, 0.25) is 0 Å². The number of thioether (sulfide) groups is 1. The molecule has 35 heavy (non-hydrogen) atoms. The zero-order chi connectivity index (χ0) is 26.0. The van der Waals surface area contributed by atoms with E-state index in [-0.39, 0.29) is 12.2 Å². The van der Waals surface area contributed by atoms with Crippen molar-refractivity contribution in [1.82, 2.24) is 4.90 Å². The van der Waals surface area contributed by atoms with Crippen molar-refractivity contribution in [2.24, 2.45) is 0 Å². The maximum absolute atomic E-state index is 6.06. The van der Waals surface area contributed by atoms with Crippen molar-refractivity contribution in [3.8, 4) is 0 Å². The summed E-state index contributed by atoms with van der Waals surface area (Å²) >= 11 is 1.97. The highest BCUT2D eigenvalue weighted by molar-refractivity contribution is 7.99. The number of nitrogens with zero attached hydrogens (tertiary/aromatic N) is 1. The third-order valence-electron chi connectivity index (χ3n) is 6.38. The molecule has 0 bridgehead atoms. The summed E-state index contributed by atoms with van der Waals surface area (Å²) in [5.41, 5.74) is 0. The van der Waals surface area contributed by atoms with Crippen LogP contribution in [0.5, 0.6) is 0 Å². The van der Waals surface area contributed by atoms with Crippen LogP contribution in [0.15, 0.2) is 0 Å². The van der Waals surface area contributed by atoms with Gasteiger partial charge in [-0.2, -0.15) is 11.8 Å². The summed E-state index contributed by atoms with van der Waals surface area (Å²) in [6.45, 7) is 5.96. The van der Waals surface area contributed by atoms with Gasteiger partial charge in [0.05, 0.1) is 18.8 Å². The summed E-state index contributed by atoms with van der Waals surface area (Å²) in [4.78, 5) is 2.18. The van der Waals surface area contributed by atoms with E-state index in [1.165, 1.54) is 95.6 Å². The number of rotatable bonds is 28. The summed E-state index contributed by atoms with van der Waals surface area (Å²) in [6.07, 6.45) is 21.9. The molecule has 0 N–H and O–H groups in total. The number of hydrogen-bond donors (Lipinski definition) is 0. The van der Waals surface area contributed by atoms with Gasteiger partial charge in [-0.05, 0) is 39.1 Å². The molecular weight excluding hydrogens is 477 g/mol. The van der Waals surface area contributed by atoms with E-state index in [1.807, 2.05) is 11.8 Å². The molecule has 5 nitrogen and oxygen atoms in total. The van der Waals surface area contributed by atoms with Crippen molar-refractivity contribution in [2.75, 3.05) is 53.0 Å². The lowest BCUT2D eigenvalue weighted by Gasteiger charge is -2.24. The Balaban J connectivity index is 3.65. The first-order chi connectivity index (χ1) is 17.1. The van der Waals surface area contributed by atoms with E-state index in [2.05, 4.69) is 32.8 Å². The largest absolute Gasteiger partial charge is 0.378 e. The third kappa shape index (κ3) is 24.7. The van der Waals surface area contributed by atoms with E-state index >= 15 is 0 Å². The average Bonchev–Trinajstić information content (AvgIpc) is 2.86. The Kier molecular flexibility index (Phi) is 28.1. The third-order valence-corrected chi connectivity index (χ3v) is 8.70. The van der Waals surface area contributed by atoms with E-state index in [0.29, 0.717) is 6.61 Å². The lowest BCUT2D eigenvalue weighted by Crippen LogP contribution is -2.22. The Morgan fingerprint density at radius 3 is 1.74 bits per heavy atom. The molecule has 3 unspecified atom stereocenters. The van der Waals surface area contributed by atoms with Crippen LogP contribution in [0.25, 0.3) is 0 Å². The maximum Gasteiger partial charge on any atom is 0.332 e. The molecule has 0 heterocycles. The second-order valence-electron chi connectivity index (χ2n) is 9.96. The lowest BCUT2D eigenvalue weighted by molar-refractivity contribution is 0.0524. The predicted molar refractivity (Wildman–Crippen MR) is 157 cm³/mol. The molecule has 0 aliphatic rings. The number of hydrogen-bond acceptors (Lipinski definition) is 6. The molecule has 0 aliphatic heterocycles. The quantitative estimate of drug-likeness (QED) is 0.0733. The van der Waals surface area contributed by atoms with E-state index < -0.39 is 8.60 Å². The fourth-order valence-corrected chi connectivity index (χ4v) is 6.03. The van der Waals surface area contributed by atoms with Crippen molar-refractivity contribution in [3.05, 3.63) is 0 Å². The molecular formula is C28H60NO4PS. The van der Waals surface area contributed by atoms with Gasteiger partial charge in [0.2, 0.25) is 0 Å². The first kappa shape index (κ1) is 35.6. The van der Waals surface area contributed by atoms with Crippen LogP contribution >= 0.6 is 20.4 Å². The van der Waals surface area contributed by atoms with Crippen molar-refractivity contribution < 1.29 is 18.3 Å². The number of ether oxygens (including phenoxy) is 1. The van der Waals surface area contributed by atoms with Gasteiger partial charge in [-0.3, -0.25) is 0 Å². The molecule has 0 spiro atoms. The topological polar surface area (TPSA) is 40.2 Å². The second-order valence-corrected chi connectivity index (χ2v) is 12.4. The SMILES string of the molecule is CCCCCCCCCCCCCCCCSCC(COP(OC)OC(CC)CCN(C)C)OC. The highest BCUT2D eigenvalue weighted by Gasteiger charge is 2.20. The highest BCUT2D eigenvalue weighted by Crippen LogP contribution is 2.41. The van der Waals surface area contributed by atoms with Gasteiger partial charge in [0, 0.05) is 26.5 Å². The summed E-state index contributed by atoms with van der Waals surface area (Å²) in [6, 6.07) is 0. The van der Waals surface area contributed by atoms with Gasteiger partial charge in [-0.1, -0.05) is 97.3 Å². The molecule has 212 valence electrons. The normalized spacial score (nSPS) is 14.5. The highest BCUT2D eigenvalue weighted by atomic mass is 32.2. The summed E-state index contributed by atoms with van der Waals surface area (Å²) in [7, 11) is 6.28. The van der Waals surface area contributed by atoms with E-state index in [0.717, 1.165) is 25.1 Å². The van der Waals surface area contributed by atoms with Gasteiger partial charge < -0.3 is 23.2 Å².